The molecule has 0 aromatic carbocycles. The maximum absolute atomic E-state index is 12.0. The smallest absolute Gasteiger partial charge is 0.253 e. The normalized spacial score (nSPS) is 13.2. The number of pyridine rings is 1. The van der Waals surface area contributed by atoms with Gasteiger partial charge < -0.3 is 9.30 Å². The van der Waals surface area contributed by atoms with E-state index in [1.807, 2.05) is 13.1 Å². The van der Waals surface area contributed by atoms with E-state index in [1.165, 1.54) is 17.0 Å². The predicted molar refractivity (Wildman–Crippen MR) is 107 cm³/mol. The molecule has 1 unspecified atom stereocenters. The molecular weight excluding hydrogens is 354 g/mol. The fraction of sp³-hybridized carbons (Fsp3) is 0.381. The maximum atomic E-state index is 12.0. The molecule has 0 aliphatic heterocycles. The van der Waals surface area contributed by atoms with E-state index in [0.29, 0.717) is 29.6 Å². The first-order chi connectivity index (χ1) is 13.3. The lowest BCUT2D eigenvalue weighted by Gasteiger charge is -2.20. The Morgan fingerprint density at radius 3 is 2.57 bits per heavy atom. The summed E-state index contributed by atoms with van der Waals surface area (Å²) < 4.78 is 7.46. The second-order valence-corrected chi connectivity index (χ2v) is 7.20. The van der Waals surface area contributed by atoms with Crippen molar-refractivity contribution < 1.29 is 4.74 Å². The fourth-order valence-electron chi connectivity index (χ4n) is 2.74. The van der Waals surface area contributed by atoms with Gasteiger partial charge in [-0.05, 0) is 31.4 Å². The highest BCUT2D eigenvalue weighted by molar-refractivity contribution is 5.63. The monoisotopic (exact) mass is 379 g/mol. The molecule has 0 aliphatic carbocycles. The zero-order valence-corrected chi connectivity index (χ0v) is 16.9. The Hall–Kier alpha value is -3.09. The average Bonchev–Trinajstić information content (AvgIpc) is 2.68. The van der Waals surface area contributed by atoms with Gasteiger partial charge >= 0.3 is 0 Å². The number of rotatable bonds is 6. The number of aromatic nitrogens is 5. The van der Waals surface area contributed by atoms with Crippen LogP contribution in [-0.4, -0.2) is 31.1 Å². The van der Waals surface area contributed by atoms with E-state index in [-0.39, 0.29) is 17.4 Å². The lowest BCUT2D eigenvalue weighted by molar-refractivity contribution is 0.233. The van der Waals surface area contributed by atoms with Crippen molar-refractivity contribution in [3.05, 3.63) is 64.4 Å². The maximum Gasteiger partial charge on any atom is 0.253 e. The molecule has 3 rings (SSSR count). The van der Waals surface area contributed by atoms with Crippen LogP contribution in [0, 0.1) is 19.8 Å². The van der Waals surface area contributed by atoms with Crippen LogP contribution < -0.4 is 10.3 Å². The summed E-state index contributed by atoms with van der Waals surface area (Å²) in [6.07, 6.45) is 5.01. The van der Waals surface area contributed by atoms with Crippen LogP contribution >= 0.6 is 0 Å². The molecule has 0 amide bonds. The van der Waals surface area contributed by atoms with Crippen LogP contribution in [0.2, 0.25) is 0 Å². The molecule has 0 bridgehead atoms. The minimum absolute atomic E-state index is 0.149. The van der Waals surface area contributed by atoms with E-state index >= 15 is 0 Å². The summed E-state index contributed by atoms with van der Waals surface area (Å²) in [6.45, 7) is 8.55. The first-order valence-corrected chi connectivity index (χ1v) is 9.27. The summed E-state index contributed by atoms with van der Waals surface area (Å²) >= 11 is 0. The van der Waals surface area contributed by atoms with Crippen LogP contribution in [0.1, 0.15) is 36.8 Å². The van der Waals surface area contributed by atoms with Gasteiger partial charge in [-0.3, -0.25) is 9.78 Å². The highest BCUT2D eigenvalue weighted by Gasteiger charge is 2.19. The molecule has 0 fully saturated rings. The zero-order valence-electron chi connectivity index (χ0n) is 16.9. The van der Waals surface area contributed by atoms with E-state index in [4.69, 9.17) is 4.74 Å². The van der Waals surface area contributed by atoms with Crippen molar-refractivity contribution in [3.8, 4) is 17.1 Å². The molecular formula is C21H25N5O2. The van der Waals surface area contributed by atoms with Crippen LogP contribution in [0.25, 0.3) is 11.3 Å². The van der Waals surface area contributed by atoms with Gasteiger partial charge in [0.25, 0.3) is 5.56 Å². The van der Waals surface area contributed by atoms with Crippen molar-refractivity contribution >= 4 is 0 Å². The number of hydrogen-bond donors (Lipinski definition) is 0. The van der Waals surface area contributed by atoms with Gasteiger partial charge in [-0.1, -0.05) is 19.9 Å². The summed E-state index contributed by atoms with van der Waals surface area (Å²) in [5.41, 5.74) is 3.14. The number of hydrogen-bond acceptors (Lipinski definition) is 6. The summed E-state index contributed by atoms with van der Waals surface area (Å²) in [6, 6.07) is 5.59. The van der Waals surface area contributed by atoms with Crippen molar-refractivity contribution in [2.24, 2.45) is 13.0 Å². The zero-order chi connectivity index (χ0) is 20.3. The summed E-state index contributed by atoms with van der Waals surface area (Å²) in [4.78, 5) is 29.5. The molecule has 0 N–H and O–H groups in total. The molecule has 2 atom stereocenters. The number of aryl methyl sites for hydroxylation is 3. The molecule has 0 radical (unpaired) electrons. The van der Waals surface area contributed by atoms with Gasteiger partial charge in [0, 0.05) is 37.1 Å². The molecule has 7 heteroatoms. The summed E-state index contributed by atoms with van der Waals surface area (Å²) in [7, 11) is 1.66. The molecule has 146 valence electrons. The van der Waals surface area contributed by atoms with Crippen LogP contribution in [0.4, 0.5) is 0 Å². The minimum Gasteiger partial charge on any atom is -0.477 e. The van der Waals surface area contributed by atoms with Crippen molar-refractivity contribution in [3.63, 3.8) is 0 Å². The molecule has 0 aliphatic rings. The Bertz CT molecular complexity index is 1010. The Morgan fingerprint density at radius 2 is 1.89 bits per heavy atom. The summed E-state index contributed by atoms with van der Waals surface area (Å²) in [5.74, 6) is 1.48. The van der Waals surface area contributed by atoms with E-state index in [1.54, 1.807) is 20.2 Å². The van der Waals surface area contributed by atoms with Gasteiger partial charge in [-0.25, -0.2) is 9.97 Å². The second-order valence-electron chi connectivity index (χ2n) is 7.20. The highest BCUT2D eigenvalue weighted by atomic mass is 16.5. The topological polar surface area (TPSA) is 82.8 Å². The van der Waals surface area contributed by atoms with Gasteiger partial charge in [-0.15, -0.1) is 0 Å². The molecule has 0 saturated carbocycles. The largest absolute Gasteiger partial charge is 0.477 e. The third-order valence-electron chi connectivity index (χ3n) is 4.87. The van der Waals surface area contributed by atoms with E-state index in [9.17, 15) is 4.79 Å². The predicted octanol–water partition coefficient (Wildman–Crippen LogP) is 3.07. The Morgan fingerprint density at radius 1 is 1.11 bits per heavy atom. The Labute approximate surface area is 164 Å². The molecule has 3 aromatic rings. The molecule has 3 aromatic heterocycles. The first-order valence-electron chi connectivity index (χ1n) is 9.27. The van der Waals surface area contributed by atoms with Gasteiger partial charge in [0.05, 0.1) is 24.2 Å². The van der Waals surface area contributed by atoms with Gasteiger partial charge in [-0.2, -0.15) is 4.98 Å². The first kappa shape index (κ1) is 19.7. The van der Waals surface area contributed by atoms with Crippen LogP contribution in [0.15, 0.2) is 41.7 Å². The molecule has 7 nitrogen and oxygen atoms in total. The summed E-state index contributed by atoms with van der Waals surface area (Å²) in [5, 5.41) is 0. The van der Waals surface area contributed by atoms with E-state index in [2.05, 4.69) is 45.9 Å². The quantitative estimate of drug-likeness (QED) is 0.655. The molecule has 28 heavy (non-hydrogen) atoms. The second kappa shape index (κ2) is 8.29. The number of ether oxygens (including phenoxy) is 1. The van der Waals surface area contributed by atoms with Crippen molar-refractivity contribution in [1.82, 2.24) is 24.5 Å². The lowest BCUT2D eigenvalue weighted by atomic mass is 9.93. The van der Waals surface area contributed by atoms with Gasteiger partial charge in [0.2, 0.25) is 5.88 Å². The molecule has 0 saturated heterocycles. The molecule has 0 spiro atoms. The van der Waals surface area contributed by atoms with Crippen LogP contribution in [-0.2, 0) is 7.05 Å². The van der Waals surface area contributed by atoms with Gasteiger partial charge in [0.1, 0.15) is 5.82 Å². The SMILES string of the molecule is Cc1ccc([C@@H](C)C(C)COc2nc(C)ncc2-c2cc(=O)n(C)cn2)nc1. The molecule has 3 heterocycles. The van der Waals surface area contributed by atoms with Gasteiger partial charge in [0.15, 0.2) is 0 Å². The van der Waals surface area contributed by atoms with Crippen molar-refractivity contribution in [2.45, 2.75) is 33.6 Å². The van der Waals surface area contributed by atoms with Crippen LogP contribution in [0.3, 0.4) is 0 Å². The Kier molecular flexibility index (Phi) is 5.82. The highest BCUT2D eigenvalue weighted by Crippen LogP contribution is 2.28. The van der Waals surface area contributed by atoms with Crippen molar-refractivity contribution in [2.75, 3.05) is 6.61 Å². The Balaban J connectivity index is 1.80. The van der Waals surface area contributed by atoms with E-state index in [0.717, 1.165) is 11.3 Å². The van der Waals surface area contributed by atoms with Crippen molar-refractivity contribution in [1.29, 1.82) is 0 Å². The third-order valence-corrected chi connectivity index (χ3v) is 4.87. The van der Waals surface area contributed by atoms with E-state index < -0.39 is 0 Å². The number of nitrogens with zero attached hydrogens (tertiary/aromatic N) is 5. The average molecular weight is 379 g/mol. The minimum atomic E-state index is -0.149. The standard InChI is InChI=1S/C21H25N5O2/c1-13-6-7-18(23-9-13)15(3)14(2)11-28-21-17(10-22-16(4)25-21)19-8-20(27)26(5)12-24-19/h6-10,12,14-15H,11H2,1-5H3/t14?,15-/m0/s1. The fourth-order valence-corrected chi connectivity index (χ4v) is 2.74. The lowest BCUT2D eigenvalue weighted by Crippen LogP contribution is -2.18. The third kappa shape index (κ3) is 4.42. The van der Waals surface area contributed by atoms with Crippen LogP contribution in [0.5, 0.6) is 5.88 Å².